The number of hydrogen-bond acceptors (Lipinski definition) is 5. The molecule has 22 heavy (non-hydrogen) atoms. The van der Waals surface area contributed by atoms with Crippen molar-refractivity contribution in [2.75, 3.05) is 26.3 Å². The lowest BCUT2D eigenvalue weighted by Crippen LogP contribution is -2.67. The maximum absolute atomic E-state index is 12.4. The molecule has 1 aliphatic carbocycles. The average Bonchev–Trinajstić information content (AvgIpc) is 3.22. The first kappa shape index (κ1) is 14.6. The maximum atomic E-state index is 12.4. The van der Waals surface area contributed by atoms with E-state index < -0.39 is 0 Å². The van der Waals surface area contributed by atoms with Crippen LogP contribution in [0.5, 0.6) is 0 Å². The van der Waals surface area contributed by atoms with Gasteiger partial charge in [0.15, 0.2) is 0 Å². The van der Waals surface area contributed by atoms with Gasteiger partial charge in [0.2, 0.25) is 0 Å². The molecule has 1 atom stereocenters. The summed E-state index contributed by atoms with van der Waals surface area (Å²) in [5.74, 6) is 0.825. The number of carbonyl (C=O) groups is 1. The summed E-state index contributed by atoms with van der Waals surface area (Å²) in [6.45, 7) is 4.91. The Balaban J connectivity index is 1.31. The number of nitrogens with zero attached hydrogens (tertiary/aromatic N) is 2. The van der Waals surface area contributed by atoms with Crippen molar-refractivity contribution in [3.05, 3.63) is 16.1 Å². The van der Waals surface area contributed by atoms with E-state index in [1.807, 2.05) is 17.2 Å². The first-order valence-electron chi connectivity index (χ1n) is 8.10. The summed E-state index contributed by atoms with van der Waals surface area (Å²) >= 11 is 1.52. The van der Waals surface area contributed by atoms with Crippen molar-refractivity contribution >= 4 is 17.2 Å². The van der Waals surface area contributed by atoms with Crippen molar-refractivity contribution in [1.29, 1.82) is 0 Å². The Hall–Kier alpha value is -0.980. The molecule has 0 aromatic carbocycles. The van der Waals surface area contributed by atoms with Crippen LogP contribution in [0.15, 0.2) is 5.38 Å². The van der Waals surface area contributed by atoms with Crippen LogP contribution >= 0.6 is 11.3 Å². The molecule has 6 heteroatoms. The molecule has 3 heterocycles. The van der Waals surface area contributed by atoms with E-state index in [4.69, 9.17) is 9.47 Å². The fourth-order valence-corrected chi connectivity index (χ4v) is 3.91. The van der Waals surface area contributed by atoms with Crippen molar-refractivity contribution in [3.8, 4) is 0 Å². The average molecular weight is 322 g/mol. The molecule has 0 bridgehead atoms. The summed E-state index contributed by atoms with van der Waals surface area (Å²) < 4.78 is 12.0. The van der Waals surface area contributed by atoms with E-state index in [1.54, 1.807) is 0 Å². The Morgan fingerprint density at radius 3 is 3.00 bits per heavy atom. The van der Waals surface area contributed by atoms with Crippen molar-refractivity contribution in [2.45, 2.75) is 44.3 Å². The molecule has 0 radical (unpaired) electrons. The third-order valence-electron chi connectivity index (χ3n) is 4.80. The largest absolute Gasteiger partial charge is 0.378 e. The van der Waals surface area contributed by atoms with E-state index in [0.29, 0.717) is 24.9 Å². The maximum Gasteiger partial charge on any atom is 0.273 e. The molecule has 3 aliphatic rings. The highest BCUT2D eigenvalue weighted by molar-refractivity contribution is 7.09. The smallest absolute Gasteiger partial charge is 0.273 e. The molecule has 3 fully saturated rings. The second-order valence-electron chi connectivity index (χ2n) is 6.84. The number of ether oxygens (including phenoxy) is 2. The van der Waals surface area contributed by atoms with Gasteiger partial charge in [0.25, 0.3) is 5.91 Å². The van der Waals surface area contributed by atoms with Crippen LogP contribution in [0.3, 0.4) is 0 Å². The van der Waals surface area contributed by atoms with Gasteiger partial charge in [0.1, 0.15) is 11.3 Å². The molecule has 1 spiro atoms. The predicted molar refractivity (Wildman–Crippen MR) is 83.1 cm³/mol. The van der Waals surface area contributed by atoms with E-state index in [9.17, 15) is 4.79 Å². The summed E-state index contributed by atoms with van der Waals surface area (Å²) in [5, 5.41) is 2.77. The molecule has 4 rings (SSSR count). The number of rotatable bonds is 4. The molecule has 0 N–H and O–H groups in total. The molecule has 120 valence electrons. The van der Waals surface area contributed by atoms with E-state index in [-0.39, 0.29) is 11.5 Å². The molecule has 0 unspecified atom stereocenters. The number of hydrogen-bond donors (Lipinski definition) is 0. The molecule has 1 amide bonds. The summed E-state index contributed by atoms with van der Waals surface area (Å²) in [5.41, 5.74) is 0.391. The first-order valence-corrected chi connectivity index (χ1v) is 8.98. The zero-order valence-electron chi connectivity index (χ0n) is 12.9. The Bertz CT molecular complexity index is 563. The number of aryl methyl sites for hydroxylation is 1. The lowest BCUT2D eigenvalue weighted by molar-refractivity contribution is -0.186. The lowest BCUT2D eigenvalue weighted by atomic mass is 9.84. The van der Waals surface area contributed by atoms with Gasteiger partial charge in [0.05, 0.1) is 24.2 Å². The van der Waals surface area contributed by atoms with Gasteiger partial charge in [-0.05, 0) is 32.1 Å². The SMILES string of the molecule is Cc1nc(C(=O)N2CC3(C[C@H](OCC4CC4)CCO3)C2)cs1. The van der Waals surface area contributed by atoms with E-state index in [0.717, 1.165) is 37.0 Å². The number of carbonyl (C=O) groups excluding carboxylic acids is 1. The fraction of sp³-hybridized carbons (Fsp3) is 0.750. The van der Waals surface area contributed by atoms with Gasteiger partial charge in [-0.3, -0.25) is 4.79 Å². The first-order chi connectivity index (χ1) is 10.6. The monoisotopic (exact) mass is 322 g/mol. The summed E-state index contributed by atoms with van der Waals surface area (Å²) in [4.78, 5) is 18.5. The van der Waals surface area contributed by atoms with E-state index in [2.05, 4.69) is 4.98 Å². The van der Waals surface area contributed by atoms with Gasteiger partial charge in [-0.25, -0.2) is 4.98 Å². The zero-order chi connectivity index (χ0) is 15.2. The van der Waals surface area contributed by atoms with Crippen LogP contribution in [0.4, 0.5) is 0 Å². The molecule has 5 nitrogen and oxygen atoms in total. The third-order valence-corrected chi connectivity index (χ3v) is 5.57. The van der Waals surface area contributed by atoms with Crippen LogP contribution in [0.25, 0.3) is 0 Å². The highest BCUT2D eigenvalue weighted by Crippen LogP contribution is 2.37. The van der Waals surface area contributed by atoms with Gasteiger partial charge in [0, 0.05) is 25.0 Å². The van der Waals surface area contributed by atoms with Crippen molar-refractivity contribution in [2.24, 2.45) is 5.92 Å². The topological polar surface area (TPSA) is 51.7 Å². The number of thiazole rings is 1. The molecular weight excluding hydrogens is 300 g/mol. The molecule has 1 aromatic heterocycles. The van der Waals surface area contributed by atoms with Crippen LogP contribution in [0.2, 0.25) is 0 Å². The number of aromatic nitrogens is 1. The van der Waals surface area contributed by atoms with E-state index in [1.165, 1.54) is 24.2 Å². The zero-order valence-corrected chi connectivity index (χ0v) is 13.7. The summed E-state index contributed by atoms with van der Waals surface area (Å²) in [6, 6.07) is 0. The predicted octanol–water partition coefficient (Wildman–Crippen LogP) is 2.25. The minimum absolute atomic E-state index is 0.0274. The van der Waals surface area contributed by atoms with Crippen LogP contribution in [-0.4, -0.2) is 53.8 Å². The van der Waals surface area contributed by atoms with Crippen molar-refractivity contribution in [3.63, 3.8) is 0 Å². The van der Waals surface area contributed by atoms with Crippen LogP contribution in [0, 0.1) is 12.8 Å². The van der Waals surface area contributed by atoms with Crippen molar-refractivity contribution in [1.82, 2.24) is 9.88 Å². The third kappa shape index (κ3) is 2.92. The van der Waals surface area contributed by atoms with Crippen molar-refractivity contribution < 1.29 is 14.3 Å². The number of likely N-dealkylation sites (tertiary alicyclic amines) is 1. The van der Waals surface area contributed by atoms with Gasteiger partial charge in [-0.15, -0.1) is 11.3 Å². The summed E-state index contributed by atoms with van der Waals surface area (Å²) in [7, 11) is 0. The van der Waals surface area contributed by atoms with Crippen LogP contribution in [-0.2, 0) is 9.47 Å². The second kappa shape index (κ2) is 5.58. The highest BCUT2D eigenvalue weighted by atomic mass is 32.1. The highest BCUT2D eigenvalue weighted by Gasteiger charge is 2.50. The Labute approximate surface area is 134 Å². The Morgan fingerprint density at radius 1 is 1.50 bits per heavy atom. The molecule has 1 aromatic rings. The standard InChI is InChI=1S/C16H22N2O3S/c1-11-17-14(8-22-11)15(19)18-9-16(10-18)6-13(4-5-21-16)20-7-12-2-3-12/h8,12-13H,2-7,9-10H2,1H3/t13-/m1/s1. The van der Waals surface area contributed by atoms with E-state index >= 15 is 0 Å². The normalized spacial score (nSPS) is 27.0. The Morgan fingerprint density at radius 2 is 2.32 bits per heavy atom. The molecule has 1 saturated carbocycles. The van der Waals surface area contributed by atoms with Gasteiger partial charge >= 0.3 is 0 Å². The molecule has 2 aliphatic heterocycles. The molecule has 2 saturated heterocycles. The van der Waals surface area contributed by atoms with Gasteiger partial charge < -0.3 is 14.4 Å². The minimum Gasteiger partial charge on any atom is -0.378 e. The number of amides is 1. The second-order valence-corrected chi connectivity index (χ2v) is 7.90. The molecular formula is C16H22N2O3S. The minimum atomic E-state index is -0.173. The fourth-order valence-electron chi connectivity index (χ4n) is 3.32. The van der Waals surface area contributed by atoms with Crippen LogP contribution < -0.4 is 0 Å². The Kier molecular flexibility index (Phi) is 3.71. The van der Waals surface area contributed by atoms with Gasteiger partial charge in [-0.1, -0.05) is 0 Å². The quantitative estimate of drug-likeness (QED) is 0.853. The lowest BCUT2D eigenvalue weighted by Gasteiger charge is -2.52. The van der Waals surface area contributed by atoms with Crippen LogP contribution in [0.1, 0.15) is 41.2 Å². The summed E-state index contributed by atoms with van der Waals surface area (Å²) in [6.07, 6.45) is 4.84. The van der Waals surface area contributed by atoms with Gasteiger partial charge in [-0.2, -0.15) is 0 Å².